The van der Waals surface area contributed by atoms with E-state index in [1.165, 1.54) is 0 Å². The molecule has 0 radical (unpaired) electrons. The van der Waals surface area contributed by atoms with Crippen molar-refractivity contribution in [3.05, 3.63) is 52.3 Å². The van der Waals surface area contributed by atoms with Crippen molar-refractivity contribution in [1.82, 2.24) is 10.1 Å². The van der Waals surface area contributed by atoms with Crippen molar-refractivity contribution in [2.45, 2.75) is 25.7 Å². The zero-order valence-corrected chi connectivity index (χ0v) is 13.2. The number of hydrogen-bond donors (Lipinski definition) is 1. The molecule has 0 atom stereocenters. The van der Waals surface area contributed by atoms with Gasteiger partial charge in [0.25, 0.3) is 5.71 Å². The Morgan fingerprint density at radius 1 is 1.29 bits per heavy atom. The number of fused-ring (bicyclic) bond motifs is 2. The lowest BCUT2D eigenvalue weighted by Gasteiger charge is -2.06. The standard InChI is InChI=1S/C18H16N2O4/c1-23-11-7-5-10(6-8-11)9-14-16-15(18(21)22)12-3-2-4-13(12)19-17(16)24-20-14/h5-8H,2-4,9H2,1H3,(H,21,22). The van der Waals surface area contributed by atoms with Gasteiger partial charge in [0.1, 0.15) is 5.75 Å². The van der Waals surface area contributed by atoms with Gasteiger partial charge in [0.05, 0.1) is 23.8 Å². The summed E-state index contributed by atoms with van der Waals surface area (Å²) in [4.78, 5) is 16.3. The minimum atomic E-state index is -0.945. The molecule has 1 aliphatic carbocycles. The van der Waals surface area contributed by atoms with Crippen LogP contribution in [0, 0.1) is 0 Å². The van der Waals surface area contributed by atoms with E-state index in [9.17, 15) is 9.90 Å². The molecule has 6 heteroatoms. The molecule has 1 N–H and O–H groups in total. The molecule has 0 aliphatic heterocycles. The van der Waals surface area contributed by atoms with Crippen LogP contribution in [0.15, 0.2) is 28.8 Å². The van der Waals surface area contributed by atoms with E-state index in [2.05, 4.69) is 10.1 Å². The van der Waals surface area contributed by atoms with Gasteiger partial charge in [-0.05, 0) is 42.5 Å². The highest BCUT2D eigenvalue weighted by molar-refractivity contribution is 6.04. The Morgan fingerprint density at radius 3 is 2.79 bits per heavy atom. The first-order chi connectivity index (χ1) is 11.7. The fraction of sp³-hybridized carbons (Fsp3) is 0.278. The van der Waals surface area contributed by atoms with E-state index in [1.54, 1.807) is 7.11 Å². The summed E-state index contributed by atoms with van der Waals surface area (Å²) in [6.45, 7) is 0. The van der Waals surface area contributed by atoms with Gasteiger partial charge in [-0.2, -0.15) is 0 Å². The average molecular weight is 324 g/mol. The average Bonchev–Trinajstić information content (AvgIpc) is 3.20. The van der Waals surface area contributed by atoms with E-state index in [1.807, 2.05) is 24.3 Å². The summed E-state index contributed by atoms with van der Waals surface area (Å²) >= 11 is 0. The smallest absolute Gasteiger partial charge is 0.336 e. The van der Waals surface area contributed by atoms with Gasteiger partial charge < -0.3 is 14.4 Å². The number of rotatable bonds is 4. The van der Waals surface area contributed by atoms with Crippen molar-refractivity contribution in [3.8, 4) is 5.75 Å². The number of pyridine rings is 1. The molecule has 6 nitrogen and oxygen atoms in total. The molecule has 2 aromatic heterocycles. The molecule has 4 rings (SSSR count). The van der Waals surface area contributed by atoms with Crippen LogP contribution < -0.4 is 4.74 Å². The van der Waals surface area contributed by atoms with E-state index in [0.29, 0.717) is 28.8 Å². The molecule has 122 valence electrons. The first-order valence-corrected chi connectivity index (χ1v) is 7.83. The molecule has 0 unspecified atom stereocenters. The second kappa shape index (κ2) is 5.63. The summed E-state index contributed by atoms with van der Waals surface area (Å²) in [7, 11) is 1.62. The summed E-state index contributed by atoms with van der Waals surface area (Å²) in [6.07, 6.45) is 2.95. The van der Waals surface area contributed by atoms with Gasteiger partial charge in [-0.25, -0.2) is 9.78 Å². The molecule has 24 heavy (non-hydrogen) atoms. The monoisotopic (exact) mass is 324 g/mol. The third kappa shape index (κ3) is 2.31. The second-order valence-corrected chi connectivity index (χ2v) is 5.91. The molecular formula is C18H16N2O4. The highest BCUT2D eigenvalue weighted by Gasteiger charge is 2.27. The van der Waals surface area contributed by atoms with E-state index in [0.717, 1.165) is 41.8 Å². The number of aryl methyl sites for hydroxylation is 1. The molecule has 2 heterocycles. The molecule has 3 aromatic rings. The van der Waals surface area contributed by atoms with E-state index < -0.39 is 5.97 Å². The summed E-state index contributed by atoms with van der Waals surface area (Å²) < 4.78 is 10.5. The first-order valence-electron chi connectivity index (χ1n) is 7.83. The number of carbonyl (C=O) groups is 1. The van der Waals surface area contributed by atoms with Gasteiger partial charge in [-0.15, -0.1) is 0 Å². The lowest BCUT2D eigenvalue weighted by Crippen LogP contribution is -2.06. The molecule has 0 saturated carbocycles. The number of carboxylic acids is 1. The normalized spacial score (nSPS) is 13.2. The van der Waals surface area contributed by atoms with Crippen LogP contribution in [0.1, 0.15) is 39.3 Å². The lowest BCUT2D eigenvalue weighted by molar-refractivity contribution is 0.0697. The van der Waals surface area contributed by atoms with Gasteiger partial charge in [-0.3, -0.25) is 0 Å². The minimum absolute atomic E-state index is 0.303. The summed E-state index contributed by atoms with van der Waals surface area (Å²) in [5.74, 6) is -0.172. The molecule has 0 spiro atoms. The van der Waals surface area contributed by atoms with E-state index in [4.69, 9.17) is 9.26 Å². The van der Waals surface area contributed by atoms with Gasteiger partial charge in [-0.1, -0.05) is 17.3 Å². The van der Waals surface area contributed by atoms with Crippen LogP contribution in [0.2, 0.25) is 0 Å². The number of hydrogen-bond acceptors (Lipinski definition) is 5. The number of carboxylic acid groups (broad SMARTS) is 1. The summed E-state index contributed by atoms with van der Waals surface area (Å²) in [5.41, 5.74) is 3.88. The molecule has 0 amide bonds. The van der Waals surface area contributed by atoms with Crippen LogP contribution in [0.5, 0.6) is 5.75 Å². The Kier molecular flexibility index (Phi) is 3.45. The molecule has 0 bridgehead atoms. The Bertz CT molecular complexity index is 928. The van der Waals surface area contributed by atoms with Crippen molar-refractivity contribution in [3.63, 3.8) is 0 Å². The largest absolute Gasteiger partial charge is 0.497 e. The predicted octanol–water partition coefficient (Wildman–Crippen LogP) is 3.01. The Hall–Kier alpha value is -2.89. The fourth-order valence-electron chi connectivity index (χ4n) is 3.33. The Balaban J connectivity index is 1.82. The number of ether oxygens (including phenoxy) is 1. The van der Waals surface area contributed by atoms with Crippen LogP contribution in [0.25, 0.3) is 11.1 Å². The fourth-order valence-corrected chi connectivity index (χ4v) is 3.33. The van der Waals surface area contributed by atoms with Crippen molar-refractivity contribution < 1.29 is 19.2 Å². The van der Waals surface area contributed by atoms with Crippen molar-refractivity contribution >= 4 is 17.1 Å². The van der Waals surface area contributed by atoms with Crippen LogP contribution in [0.3, 0.4) is 0 Å². The van der Waals surface area contributed by atoms with Gasteiger partial charge >= 0.3 is 5.97 Å². The van der Waals surface area contributed by atoms with Crippen molar-refractivity contribution in [2.75, 3.05) is 7.11 Å². The number of aromatic carboxylic acids is 1. The first kappa shape index (κ1) is 14.7. The highest BCUT2D eigenvalue weighted by atomic mass is 16.5. The Morgan fingerprint density at radius 2 is 2.08 bits per heavy atom. The van der Waals surface area contributed by atoms with E-state index in [-0.39, 0.29) is 0 Å². The lowest BCUT2D eigenvalue weighted by atomic mass is 10.00. The van der Waals surface area contributed by atoms with Crippen LogP contribution >= 0.6 is 0 Å². The van der Waals surface area contributed by atoms with Crippen LogP contribution in [-0.2, 0) is 19.3 Å². The minimum Gasteiger partial charge on any atom is -0.497 e. The number of methoxy groups -OCH3 is 1. The van der Waals surface area contributed by atoms with E-state index >= 15 is 0 Å². The third-order valence-electron chi connectivity index (χ3n) is 4.47. The summed E-state index contributed by atoms with van der Waals surface area (Å²) in [6, 6.07) is 7.60. The highest BCUT2D eigenvalue weighted by Crippen LogP contribution is 2.32. The quantitative estimate of drug-likeness (QED) is 0.794. The van der Waals surface area contributed by atoms with Crippen LogP contribution in [-0.4, -0.2) is 28.3 Å². The van der Waals surface area contributed by atoms with Crippen molar-refractivity contribution in [2.24, 2.45) is 0 Å². The third-order valence-corrected chi connectivity index (χ3v) is 4.47. The van der Waals surface area contributed by atoms with Crippen molar-refractivity contribution in [1.29, 1.82) is 0 Å². The van der Waals surface area contributed by atoms with Gasteiger partial charge in [0.2, 0.25) is 0 Å². The molecule has 0 saturated heterocycles. The second-order valence-electron chi connectivity index (χ2n) is 5.91. The Labute approximate surface area is 138 Å². The molecule has 0 fully saturated rings. The molecular weight excluding hydrogens is 308 g/mol. The molecule has 1 aliphatic rings. The zero-order valence-electron chi connectivity index (χ0n) is 13.2. The summed E-state index contributed by atoms with van der Waals surface area (Å²) in [5, 5.41) is 14.3. The maximum absolute atomic E-state index is 11.8. The van der Waals surface area contributed by atoms with Crippen LogP contribution in [0.4, 0.5) is 0 Å². The van der Waals surface area contributed by atoms with Gasteiger partial charge in [0.15, 0.2) is 0 Å². The molecule has 1 aromatic carbocycles. The number of benzene rings is 1. The number of nitrogens with zero attached hydrogens (tertiary/aromatic N) is 2. The zero-order chi connectivity index (χ0) is 16.7. The predicted molar refractivity (Wildman–Crippen MR) is 86.6 cm³/mol. The van der Waals surface area contributed by atoms with Gasteiger partial charge in [0, 0.05) is 12.1 Å². The topological polar surface area (TPSA) is 85.5 Å². The maximum Gasteiger partial charge on any atom is 0.336 e. The number of aromatic nitrogens is 2. The SMILES string of the molecule is COc1ccc(Cc2noc3nc4c(c(C(=O)O)c23)CCC4)cc1. The maximum atomic E-state index is 11.8.